The van der Waals surface area contributed by atoms with Crippen molar-refractivity contribution < 1.29 is 0 Å². The van der Waals surface area contributed by atoms with E-state index in [1.165, 1.54) is 38.6 Å². The summed E-state index contributed by atoms with van der Waals surface area (Å²) in [4.78, 5) is 3.80. The first kappa shape index (κ1) is 25.2. The molecule has 200 valence electrons. The second-order valence-corrected chi connectivity index (χ2v) is 14.5. The lowest BCUT2D eigenvalue weighted by molar-refractivity contribution is 0.217. The summed E-state index contributed by atoms with van der Waals surface area (Å²) in [6.07, 6.45) is 3.45. The van der Waals surface area contributed by atoms with E-state index in [2.05, 4.69) is 96.3 Å². The number of thiophene rings is 1. The van der Waals surface area contributed by atoms with Crippen LogP contribution < -0.4 is 10.3 Å². The Bertz CT molecular complexity index is 1520. The topological polar surface area (TPSA) is 58.3 Å². The minimum Gasteiger partial charge on any atom is -0.280 e. The fraction of sp³-hybridized carbons (Fsp3) is 0.367. The minimum absolute atomic E-state index is 0.0341. The average Bonchev–Trinajstić information content (AvgIpc) is 3.65. The van der Waals surface area contributed by atoms with Gasteiger partial charge in [-0.25, -0.2) is 4.57 Å². The van der Waals surface area contributed by atoms with Crippen molar-refractivity contribution in [1.82, 2.24) is 20.2 Å². The third-order valence-corrected chi connectivity index (χ3v) is 11.3. The van der Waals surface area contributed by atoms with Crippen molar-refractivity contribution in [2.75, 3.05) is 4.90 Å². The van der Waals surface area contributed by atoms with Gasteiger partial charge in [0.15, 0.2) is 16.5 Å². The van der Waals surface area contributed by atoms with Crippen LogP contribution in [0.4, 0.5) is 5.95 Å². The van der Waals surface area contributed by atoms with Crippen LogP contribution in [0.5, 0.6) is 0 Å². The molecule has 1 N–H and O–H groups in total. The second kappa shape index (κ2) is 10.0. The zero-order valence-electron chi connectivity index (χ0n) is 22.4. The van der Waals surface area contributed by atoms with Crippen LogP contribution in [-0.2, 0) is 24.3 Å². The Morgan fingerprint density at radius 2 is 1.64 bits per heavy atom. The van der Waals surface area contributed by atoms with E-state index in [-0.39, 0.29) is 6.17 Å². The Kier molecular flexibility index (Phi) is 6.48. The van der Waals surface area contributed by atoms with Gasteiger partial charge in [0.25, 0.3) is 0 Å². The quantitative estimate of drug-likeness (QED) is 0.252. The first-order valence-corrected chi connectivity index (χ1v) is 16.3. The van der Waals surface area contributed by atoms with Crippen LogP contribution in [0.1, 0.15) is 60.5 Å². The zero-order chi connectivity index (χ0) is 26.6. The molecule has 7 rings (SSSR count). The number of hydrogen-bond donors (Lipinski definition) is 1. The second-order valence-electron chi connectivity index (χ2n) is 11.5. The summed E-state index contributed by atoms with van der Waals surface area (Å²) < 4.78 is 2.31. The van der Waals surface area contributed by atoms with Crippen LogP contribution in [0.3, 0.4) is 0 Å². The molecule has 0 fully saturated rings. The van der Waals surface area contributed by atoms with Gasteiger partial charge in [-0.05, 0) is 47.3 Å². The molecule has 39 heavy (non-hydrogen) atoms. The Morgan fingerprint density at radius 1 is 0.949 bits per heavy atom. The van der Waals surface area contributed by atoms with Gasteiger partial charge in [0, 0.05) is 21.9 Å². The maximum absolute atomic E-state index is 4.85. The highest BCUT2D eigenvalue weighted by atomic mass is 32.2. The maximum Gasteiger partial charge on any atom is 0.241 e. The Labute approximate surface area is 242 Å². The fourth-order valence-electron chi connectivity index (χ4n) is 5.75. The van der Waals surface area contributed by atoms with E-state index >= 15 is 0 Å². The van der Waals surface area contributed by atoms with Crippen LogP contribution in [0.15, 0.2) is 70.9 Å². The third-order valence-electron chi connectivity index (χ3n) is 7.99. The molecule has 2 aromatic carbocycles. The molecule has 0 spiro atoms. The summed E-state index contributed by atoms with van der Waals surface area (Å²) in [5, 5.41) is 17.5. The van der Waals surface area contributed by atoms with E-state index in [0.29, 0.717) is 11.3 Å². The number of nitrogens with one attached hydrogen (secondary N) is 1. The van der Waals surface area contributed by atoms with Gasteiger partial charge in [0.1, 0.15) is 5.00 Å². The molecule has 2 aliphatic heterocycles. The highest BCUT2D eigenvalue weighted by molar-refractivity contribution is 8.13. The maximum atomic E-state index is 4.85. The predicted octanol–water partition coefficient (Wildman–Crippen LogP) is 7.40. The number of hydrogen-bond acceptors (Lipinski definition) is 8. The van der Waals surface area contributed by atoms with E-state index in [1.807, 2.05) is 11.3 Å². The molecule has 1 aliphatic carbocycles. The van der Waals surface area contributed by atoms with Crippen LogP contribution in [0.2, 0.25) is 0 Å². The van der Waals surface area contributed by atoms with Crippen LogP contribution >= 0.6 is 34.9 Å². The lowest BCUT2D eigenvalue weighted by Crippen LogP contribution is -2.38. The Morgan fingerprint density at radius 3 is 2.33 bits per heavy atom. The minimum atomic E-state index is -0.0341. The summed E-state index contributed by atoms with van der Waals surface area (Å²) in [6, 6.07) is 21.2. The normalized spacial score (nSPS) is 19.6. The van der Waals surface area contributed by atoms with Gasteiger partial charge in [0.2, 0.25) is 5.95 Å². The Hall–Kier alpha value is -2.75. The monoisotopic (exact) mass is 572 g/mol. The number of amidine groups is 1. The molecule has 2 aromatic heterocycles. The van der Waals surface area contributed by atoms with Gasteiger partial charge in [-0.3, -0.25) is 10.3 Å². The highest BCUT2D eigenvalue weighted by Crippen LogP contribution is 2.51. The SMILES string of the molecule is CC(C)(C)[C@H]1CCc2c(sc3c2C2NN=C(SCc4ccccc4)N2c2nnc(SCc4ccccc4)n2-3)C1. The molecular formula is C30H32N6S3. The molecule has 0 saturated carbocycles. The number of nitrogens with zero attached hydrogens (tertiary/aromatic N) is 5. The standard InChI is InChI=1S/C30H32N6S3/c1-30(2,3)21-14-15-22-23(16-21)39-26-24(22)25-31-33-28(37-17-19-10-6-4-7-11-19)35(25)27-32-34-29(36(26)27)38-18-20-12-8-5-9-13-20/h4-13,21,25,31H,14-18H2,1-3H3/t21-,25?/m0/s1. The van der Waals surface area contributed by atoms with E-state index in [9.17, 15) is 0 Å². The van der Waals surface area contributed by atoms with E-state index in [1.54, 1.807) is 23.5 Å². The van der Waals surface area contributed by atoms with Crippen molar-refractivity contribution in [3.8, 4) is 5.00 Å². The van der Waals surface area contributed by atoms with Gasteiger partial charge >= 0.3 is 0 Å². The van der Waals surface area contributed by atoms with E-state index in [0.717, 1.165) is 40.6 Å². The van der Waals surface area contributed by atoms with Gasteiger partial charge in [-0.15, -0.1) is 21.5 Å². The average molecular weight is 573 g/mol. The van der Waals surface area contributed by atoms with Gasteiger partial charge in [-0.2, -0.15) is 5.10 Å². The van der Waals surface area contributed by atoms with Gasteiger partial charge in [0.05, 0.1) is 0 Å². The summed E-state index contributed by atoms with van der Waals surface area (Å²) in [5.74, 6) is 3.27. The van der Waals surface area contributed by atoms with Crippen molar-refractivity contribution in [2.24, 2.45) is 16.4 Å². The highest BCUT2D eigenvalue weighted by Gasteiger charge is 2.45. The van der Waals surface area contributed by atoms with Crippen molar-refractivity contribution in [2.45, 2.75) is 62.9 Å². The number of aromatic nitrogens is 3. The van der Waals surface area contributed by atoms with Crippen molar-refractivity contribution in [1.29, 1.82) is 0 Å². The molecule has 0 saturated heterocycles. The molecule has 6 nitrogen and oxygen atoms in total. The Balaban J connectivity index is 1.27. The first-order valence-electron chi connectivity index (χ1n) is 13.5. The number of thioether (sulfide) groups is 2. The van der Waals surface area contributed by atoms with E-state index < -0.39 is 0 Å². The number of fused-ring (bicyclic) bond motifs is 8. The molecule has 0 bridgehead atoms. The molecule has 2 atom stereocenters. The molecule has 3 aliphatic rings. The lowest BCUT2D eigenvalue weighted by Gasteiger charge is -2.35. The van der Waals surface area contributed by atoms with Gasteiger partial charge in [-0.1, -0.05) is 105 Å². The van der Waals surface area contributed by atoms with Crippen molar-refractivity contribution >= 4 is 46.0 Å². The number of benzene rings is 2. The number of hydrazone groups is 1. The lowest BCUT2D eigenvalue weighted by atomic mass is 9.72. The molecule has 4 heterocycles. The molecular weight excluding hydrogens is 541 g/mol. The summed E-state index contributed by atoms with van der Waals surface area (Å²) in [5.41, 5.74) is 9.27. The third kappa shape index (κ3) is 4.58. The molecule has 4 aromatic rings. The molecule has 0 amide bonds. The molecule has 0 radical (unpaired) electrons. The van der Waals surface area contributed by atoms with E-state index in [4.69, 9.17) is 15.3 Å². The predicted molar refractivity (Wildman–Crippen MR) is 164 cm³/mol. The molecule has 1 unspecified atom stereocenters. The van der Waals surface area contributed by atoms with Crippen molar-refractivity contribution in [3.63, 3.8) is 0 Å². The van der Waals surface area contributed by atoms with Crippen LogP contribution in [0, 0.1) is 11.3 Å². The summed E-state index contributed by atoms with van der Waals surface area (Å²) in [6.45, 7) is 7.16. The van der Waals surface area contributed by atoms with Gasteiger partial charge < -0.3 is 0 Å². The smallest absolute Gasteiger partial charge is 0.241 e. The van der Waals surface area contributed by atoms with Crippen LogP contribution in [-0.4, -0.2) is 19.9 Å². The zero-order valence-corrected chi connectivity index (χ0v) is 24.9. The first-order chi connectivity index (χ1) is 19.0. The number of anilines is 1. The van der Waals surface area contributed by atoms with Crippen molar-refractivity contribution in [3.05, 3.63) is 87.8 Å². The van der Waals surface area contributed by atoms with Crippen LogP contribution in [0.25, 0.3) is 5.00 Å². The largest absolute Gasteiger partial charge is 0.280 e. The summed E-state index contributed by atoms with van der Waals surface area (Å²) in [7, 11) is 0. The summed E-state index contributed by atoms with van der Waals surface area (Å²) >= 11 is 5.46. The number of rotatable bonds is 5. The molecule has 9 heteroatoms. The fourth-order valence-corrected chi connectivity index (χ4v) is 9.09.